The number of guanidine groups is 1. The van der Waals surface area contributed by atoms with Gasteiger partial charge in [0, 0.05) is 18.5 Å². The number of halogens is 3. The van der Waals surface area contributed by atoms with E-state index in [-0.39, 0.29) is 25.0 Å². The summed E-state index contributed by atoms with van der Waals surface area (Å²) in [6.07, 6.45) is 1.00. The van der Waals surface area contributed by atoms with Crippen molar-refractivity contribution in [3.8, 4) is 5.75 Å². The Morgan fingerprint density at radius 3 is 2.68 bits per heavy atom. The minimum absolute atomic E-state index is 0.00518. The number of nitrogens with two attached hydrogens (primary N) is 1. The Bertz CT molecular complexity index is 772. The normalized spacial score (nSPS) is 16.9. The molecule has 25 heavy (non-hydrogen) atoms. The second-order valence-electron chi connectivity index (χ2n) is 5.76. The van der Waals surface area contributed by atoms with E-state index in [0.29, 0.717) is 12.2 Å². The van der Waals surface area contributed by atoms with Gasteiger partial charge in [0.1, 0.15) is 5.75 Å². The summed E-state index contributed by atoms with van der Waals surface area (Å²) in [5.41, 5.74) is 7.23. The fourth-order valence-corrected chi connectivity index (χ4v) is 2.77. The molecule has 3 N–H and O–H groups in total. The Hall–Kier alpha value is -2.70. The molecule has 1 unspecified atom stereocenters. The molecule has 2 aromatic rings. The van der Waals surface area contributed by atoms with Gasteiger partial charge in [0.15, 0.2) is 23.4 Å². The topological polar surface area (TPSA) is 59.6 Å². The number of hydrogen-bond donors (Lipinski definition) is 2. The first-order chi connectivity index (χ1) is 12.0. The number of aliphatic imine (C=N–C) groups is 1. The molecule has 0 radical (unpaired) electrons. The second-order valence-corrected chi connectivity index (χ2v) is 5.76. The standard InChI is InChI=1S/C18H18F3N3O/c19-13-9-11(10-14(20)17(13)21)5-7-23-18(22)24-15-6-8-25-16-4-2-1-3-12(15)16/h1-4,9-10,15H,5-8H2,(H3,22,23,24). The number of fused-ring (bicyclic) bond motifs is 1. The number of para-hydroxylation sites is 1. The zero-order valence-electron chi connectivity index (χ0n) is 13.4. The quantitative estimate of drug-likeness (QED) is 0.507. The van der Waals surface area contributed by atoms with Crippen molar-refractivity contribution >= 4 is 5.96 Å². The molecule has 3 rings (SSSR count). The van der Waals surface area contributed by atoms with Crippen LogP contribution in [0.25, 0.3) is 0 Å². The zero-order valence-corrected chi connectivity index (χ0v) is 13.4. The molecular weight excluding hydrogens is 331 g/mol. The van der Waals surface area contributed by atoms with Crippen molar-refractivity contribution in [1.82, 2.24) is 5.32 Å². The highest BCUT2D eigenvalue weighted by Crippen LogP contribution is 2.31. The van der Waals surface area contributed by atoms with Crippen LogP contribution in [-0.4, -0.2) is 19.1 Å². The highest BCUT2D eigenvalue weighted by molar-refractivity contribution is 5.78. The van der Waals surface area contributed by atoms with Crippen LogP contribution in [-0.2, 0) is 6.42 Å². The van der Waals surface area contributed by atoms with E-state index in [9.17, 15) is 13.2 Å². The van der Waals surface area contributed by atoms with Crippen molar-refractivity contribution in [1.29, 1.82) is 0 Å². The van der Waals surface area contributed by atoms with Gasteiger partial charge in [-0.15, -0.1) is 0 Å². The molecule has 1 heterocycles. The lowest BCUT2D eigenvalue weighted by Crippen LogP contribution is -2.37. The van der Waals surface area contributed by atoms with E-state index in [4.69, 9.17) is 10.5 Å². The maximum Gasteiger partial charge on any atom is 0.194 e. The Labute approximate surface area is 143 Å². The summed E-state index contributed by atoms with van der Waals surface area (Å²) in [7, 11) is 0. The van der Waals surface area contributed by atoms with Crippen LogP contribution in [0.2, 0.25) is 0 Å². The van der Waals surface area contributed by atoms with E-state index in [1.54, 1.807) is 0 Å². The monoisotopic (exact) mass is 349 g/mol. The van der Waals surface area contributed by atoms with Gasteiger partial charge < -0.3 is 15.8 Å². The third-order valence-electron chi connectivity index (χ3n) is 4.01. The molecule has 0 saturated carbocycles. The molecule has 0 amide bonds. The Morgan fingerprint density at radius 1 is 1.20 bits per heavy atom. The molecule has 2 aromatic carbocycles. The summed E-state index contributed by atoms with van der Waals surface area (Å²) in [5, 5.41) is 3.13. The fourth-order valence-electron chi connectivity index (χ4n) is 2.77. The number of hydrogen-bond acceptors (Lipinski definition) is 2. The van der Waals surface area contributed by atoms with Crippen molar-refractivity contribution < 1.29 is 17.9 Å². The predicted molar refractivity (Wildman–Crippen MR) is 88.9 cm³/mol. The second kappa shape index (κ2) is 7.46. The van der Waals surface area contributed by atoms with E-state index < -0.39 is 17.5 Å². The van der Waals surface area contributed by atoms with Gasteiger partial charge in [0.25, 0.3) is 0 Å². The molecule has 0 bridgehead atoms. The molecule has 0 aliphatic carbocycles. The van der Waals surface area contributed by atoms with Crippen LogP contribution < -0.4 is 15.8 Å². The molecule has 1 atom stereocenters. The van der Waals surface area contributed by atoms with Crippen LogP contribution in [0.4, 0.5) is 13.2 Å². The van der Waals surface area contributed by atoms with E-state index in [1.165, 1.54) is 0 Å². The summed E-state index contributed by atoms with van der Waals surface area (Å²) >= 11 is 0. The molecule has 4 nitrogen and oxygen atoms in total. The molecular formula is C18H18F3N3O. The van der Waals surface area contributed by atoms with E-state index >= 15 is 0 Å². The number of ether oxygens (including phenoxy) is 1. The Balaban J connectivity index is 1.60. The van der Waals surface area contributed by atoms with Gasteiger partial charge in [-0.3, -0.25) is 4.99 Å². The SMILES string of the molecule is NC(=NCCc1cc(F)c(F)c(F)c1)NC1CCOc2ccccc21. The summed E-state index contributed by atoms with van der Waals surface area (Å²) < 4.78 is 44.9. The summed E-state index contributed by atoms with van der Waals surface area (Å²) in [6.45, 7) is 0.810. The minimum Gasteiger partial charge on any atom is -0.493 e. The molecule has 1 aliphatic heterocycles. The van der Waals surface area contributed by atoms with Crippen LogP contribution in [0, 0.1) is 17.5 Å². The van der Waals surface area contributed by atoms with Crippen molar-refractivity contribution in [3.05, 3.63) is 65.0 Å². The average Bonchev–Trinajstić information content (AvgIpc) is 2.60. The Kier molecular flexibility index (Phi) is 5.11. The van der Waals surface area contributed by atoms with Gasteiger partial charge in [0.2, 0.25) is 0 Å². The zero-order chi connectivity index (χ0) is 17.8. The van der Waals surface area contributed by atoms with Crippen molar-refractivity contribution in [2.75, 3.05) is 13.2 Å². The molecule has 1 aliphatic rings. The molecule has 0 saturated heterocycles. The molecule has 0 fully saturated rings. The number of benzene rings is 2. The summed E-state index contributed by atoms with van der Waals surface area (Å²) in [6, 6.07) is 9.61. The minimum atomic E-state index is -1.47. The van der Waals surface area contributed by atoms with Crippen molar-refractivity contribution in [3.63, 3.8) is 0 Å². The molecule has 7 heteroatoms. The van der Waals surface area contributed by atoms with E-state index in [0.717, 1.165) is 29.9 Å². The highest BCUT2D eigenvalue weighted by atomic mass is 19.2. The van der Waals surface area contributed by atoms with Gasteiger partial charge in [-0.2, -0.15) is 0 Å². The maximum atomic E-state index is 13.2. The van der Waals surface area contributed by atoms with Gasteiger partial charge in [-0.1, -0.05) is 18.2 Å². The first-order valence-corrected chi connectivity index (χ1v) is 7.96. The van der Waals surface area contributed by atoms with Crippen molar-refractivity contribution in [2.24, 2.45) is 10.7 Å². The highest BCUT2D eigenvalue weighted by Gasteiger charge is 2.21. The third-order valence-corrected chi connectivity index (χ3v) is 4.01. The van der Waals surface area contributed by atoms with Crippen LogP contribution in [0.1, 0.15) is 23.6 Å². The van der Waals surface area contributed by atoms with Crippen LogP contribution >= 0.6 is 0 Å². The fraction of sp³-hybridized carbons (Fsp3) is 0.278. The van der Waals surface area contributed by atoms with Crippen LogP contribution in [0.5, 0.6) is 5.75 Å². The van der Waals surface area contributed by atoms with E-state index in [1.807, 2.05) is 24.3 Å². The van der Waals surface area contributed by atoms with Gasteiger partial charge in [0.05, 0.1) is 12.6 Å². The molecule has 0 aromatic heterocycles. The lowest BCUT2D eigenvalue weighted by molar-refractivity contribution is 0.262. The number of nitrogens with one attached hydrogen (secondary N) is 1. The first-order valence-electron chi connectivity index (χ1n) is 7.96. The number of rotatable bonds is 4. The summed E-state index contributed by atoms with van der Waals surface area (Å²) in [4.78, 5) is 4.17. The lowest BCUT2D eigenvalue weighted by Gasteiger charge is -2.26. The predicted octanol–water partition coefficient (Wildman–Crippen LogP) is 3.07. The van der Waals surface area contributed by atoms with Gasteiger partial charge in [-0.25, -0.2) is 13.2 Å². The lowest BCUT2D eigenvalue weighted by atomic mass is 10.0. The van der Waals surface area contributed by atoms with E-state index in [2.05, 4.69) is 10.3 Å². The maximum absolute atomic E-state index is 13.2. The number of nitrogens with zero attached hydrogens (tertiary/aromatic N) is 1. The molecule has 132 valence electrons. The van der Waals surface area contributed by atoms with Gasteiger partial charge >= 0.3 is 0 Å². The van der Waals surface area contributed by atoms with Gasteiger partial charge in [-0.05, 0) is 30.2 Å². The Morgan fingerprint density at radius 2 is 1.92 bits per heavy atom. The average molecular weight is 349 g/mol. The third kappa shape index (κ3) is 4.04. The smallest absolute Gasteiger partial charge is 0.194 e. The largest absolute Gasteiger partial charge is 0.493 e. The van der Waals surface area contributed by atoms with Crippen LogP contribution in [0.3, 0.4) is 0 Å². The van der Waals surface area contributed by atoms with Crippen molar-refractivity contribution in [2.45, 2.75) is 18.9 Å². The summed E-state index contributed by atoms with van der Waals surface area (Å²) in [5.74, 6) is -2.82. The first kappa shape index (κ1) is 17.1. The van der Waals surface area contributed by atoms with Crippen LogP contribution in [0.15, 0.2) is 41.4 Å². The molecule has 0 spiro atoms.